The van der Waals surface area contributed by atoms with Gasteiger partial charge in [-0.05, 0) is 36.6 Å². The highest BCUT2D eigenvalue weighted by Gasteiger charge is 2.35. The fraction of sp³-hybridized carbons (Fsp3) is 0.250. The van der Waals surface area contributed by atoms with Gasteiger partial charge in [0.05, 0.1) is 11.1 Å². The first-order chi connectivity index (χ1) is 12.6. The van der Waals surface area contributed by atoms with E-state index in [0.29, 0.717) is 24.1 Å². The van der Waals surface area contributed by atoms with Crippen LogP contribution in [0.15, 0.2) is 53.0 Å². The summed E-state index contributed by atoms with van der Waals surface area (Å²) in [6.45, 7) is 0.819. The van der Waals surface area contributed by atoms with Gasteiger partial charge in [0, 0.05) is 24.0 Å². The van der Waals surface area contributed by atoms with Gasteiger partial charge in [0.25, 0.3) is 11.8 Å². The van der Waals surface area contributed by atoms with Crippen LogP contribution in [0.4, 0.5) is 0 Å². The molecule has 2 aromatic rings. The van der Waals surface area contributed by atoms with Crippen molar-refractivity contribution in [2.24, 2.45) is 0 Å². The van der Waals surface area contributed by atoms with Crippen molar-refractivity contribution in [2.75, 3.05) is 13.1 Å². The molecule has 26 heavy (non-hydrogen) atoms. The van der Waals surface area contributed by atoms with Gasteiger partial charge >= 0.3 is 0 Å². The minimum Gasteiger partial charge on any atom is -0.356 e. The maximum Gasteiger partial charge on any atom is 0.261 e. The Morgan fingerprint density at radius 2 is 1.73 bits per heavy atom. The van der Waals surface area contributed by atoms with E-state index >= 15 is 0 Å². The summed E-state index contributed by atoms with van der Waals surface area (Å²) in [6, 6.07) is 15.0. The Hall–Kier alpha value is -2.47. The van der Waals surface area contributed by atoms with Crippen molar-refractivity contribution >= 4 is 33.7 Å². The molecule has 2 aromatic carbocycles. The average Bonchev–Trinajstić information content (AvgIpc) is 2.87. The zero-order valence-corrected chi connectivity index (χ0v) is 15.8. The number of hydrogen-bond acceptors (Lipinski definition) is 3. The van der Waals surface area contributed by atoms with Crippen LogP contribution in [0.2, 0.25) is 0 Å². The molecule has 3 rings (SSSR count). The molecule has 0 radical (unpaired) electrons. The lowest BCUT2D eigenvalue weighted by Crippen LogP contribution is -2.32. The van der Waals surface area contributed by atoms with Crippen LogP contribution in [0.25, 0.3) is 0 Å². The third kappa shape index (κ3) is 4.19. The van der Waals surface area contributed by atoms with Crippen LogP contribution in [0.5, 0.6) is 0 Å². The molecule has 1 aliphatic heterocycles. The van der Waals surface area contributed by atoms with E-state index < -0.39 is 0 Å². The molecule has 0 aromatic heterocycles. The third-order valence-electron chi connectivity index (χ3n) is 4.30. The van der Waals surface area contributed by atoms with Crippen molar-refractivity contribution in [1.82, 2.24) is 10.2 Å². The van der Waals surface area contributed by atoms with E-state index in [1.807, 2.05) is 30.3 Å². The number of carbonyl (C=O) groups excluding carboxylic acids is 3. The van der Waals surface area contributed by atoms with Crippen LogP contribution in [0.3, 0.4) is 0 Å². The highest BCUT2D eigenvalue weighted by atomic mass is 79.9. The Kier molecular flexibility index (Phi) is 5.83. The summed E-state index contributed by atoms with van der Waals surface area (Å²) in [7, 11) is 0. The number of amides is 3. The van der Waals surface area contributed by atoms with E-state index in [1.54, 1.807) is 18.2 Å². The molecule has 0 fully saturated rings. The van der Waals surface area contributed by atoms with Crippen LogP contribution < -0.4 is 5.32 Å². The molecule has 6 heteroatoms. The van der Waals surface area contributed by atoms with E-state index in [0.717, 1.165) is 10.9 Å². The molecular formula is C20H19BrN2O3. The summed E-state index contributed by atoms with van der Waals surface area (Å²) >= 11 is 3.31. The number of hydrogen-bond donors (Lipinski definition) is 1. The summed E-state index contributed by atoms with van der Waals surface area (Å²) in [4.78, 5) is 37.8. The Bertz CT molecular complexity index is 836. The normalized spacial score (nSPS) is 13.0. The quantitative estimate of drug-likeness (QED) is 0.707. The fourth-order valence-electron chi connectivity index (χ4n) is 2.94. The van der Waals surface area contributed by atoms with Crippen molar-refractivity contribution in [1.29, 1.82) is 0 Å². The maximum absolute atomic E-state index is 12.3. The molecule has 0 atom stereocenters. The number of carbonyl (C=O) groups is 3. The largest absolute Gasteiger partial charge is 0.356 e. The molecule has 1 aliphatic rings. The second-order valence-electron chi connectivity index (χ2n) is 6.14. The molecule has 0 saturated heterocycles. The van der Waals surface area contributed by atoms with E-state index in [-0.39, 0.29) is 30.7 Å². The van der Waals surface area contributed by atoms with Crippen molar-refractivity contribution in [3.8, 4) is 0 Å². The predicted octanol–water partition coefficient (Wildman–Crippen LogP) is 3.18. The van der Waals surface area contributed by atoms with Crippen LogP contribution in [-0.4, -0.2) is 35.7 Å². The van der Waals surface area contributed by atoms with Gasteiger partial charge in [0.15, 0.2) is 0 Å². The molecule has 0 bridgehead atoms. The molecule has 0 saturated carbocycles. The summed E-state index contributed by atoms with van der Waals surface area (Å²) < 4.78 is 0.761. The van der Waals surface area contributed by atoms with Gasteiger partial charge in [-0.25, -0.2) is 0 Å². The number of halogens is 1. The third-order valence-corrected chi connectivity index (χ3v) is 4.79. The zero-order chi connectivity index (χ0) is 18.5. The topological polar surface area (TPSA) is 66.5 Å². The molecule has 0 spiro atoms. The van der Waals surface area contributed by atoms with Crippen LogP contribution in [0, 0.1) is 0 Å². The smallest absolute Gasteiger partial charge is 0.261 e. The number of nitrogens with zero attached hydrogens (tertiary/aromatic N) is 1. The van der Waals surface area contributed by atoms with Crippen LogP contribution >= 0.6 is 15.9 Å². The first kappa shape index (κ1) is 18.3. The Balaban J connectivity index is 1.43. The minimum absolute atomic E-state index is 0.0692. The van der Waals surface area contributed by atoms with E-state index in [2.05, 4.69) is 21.2 Å². The summed E-state index contributed by atoms with van der Waals surface area (Å²) in [5, 5.41) is 2.87. The van der Waals surface area contributed by atoms with Gasteiger partial charge < -0.3 is 5.32 Å². The van der Waals surface area contributed by atoms with E-state index in [9.17, 15) is 14.4 Å². The fourth-order valence-corrected chi connectivity index (χ4v) is 3.30. The molecule has 0 aliphatic carbocycles. The van der Waals surface area contributed by atoms with Gasteiger partial charge in [-0.3, -0.25) is 19.3 Å². The summed E-state index contributed by atoms with van der Waals surface area (Å²) in [6.07, 6.45) is 1.51. The van der Waals surface area contributed by atoms with Crippen molar-refractivity contribution in [3.05, 3.63) is 69.7 Å². The number of nitrogens with one attached hydrogen (secondary N) is 1. The Morgan fingerprint density at radius 1 is 1.00 bits per heavy atom. The lowest BCUT2D eigenvalue weighted by Gasteiger charge is -2.13. The van der Waals surface area contributed by atoms with Gasteiger partial charge in [-0.2, -0.15) is 0 Å². The number of rotatable bonds is 7. The Labute approximate surface area is 160 Å². The predicted molar refractivity (Wildman–Crippen MR) is 102 cm³/mol. The Morgan fingerprint density at radius 3 is 2.50 bits per heavy atom. The maximum atomic E-state index is 12.3. The van der Waals surface area contributed by atoms with E-state index in [1.165, 1.54) is 10.5 Å². The zero-order valence-electron chi connectivity index (χ0n) is 14.2. The monoisotopic (exact) mass is 414 g/mol. The molecule has 1 heterocycles. The molecule has 0 unspecified atom stereocenters. The van der Waals surface area contributed by atoms with Crippen molar-refractivity contribution < 1.29 is 14.4 Å². The summed E-state index contributed by atoms with van der Waals surface area (Å²) in [5.74, 6) is -0.655. The lowest BCUT2D eigenvalue weighted by atomic mass is 10.1. The van der Waals surface area contributed by atoms with Gasteiger partial charge in [-0.1, -0.05) is 46.3 Å². The molecule has 1 N–H and O–H groups in total. The molecule has 134 valence electrons. The number of benzene rings is 2. The van der Waals surface area contributed by atoms with Crippen molar-refractivity contribution in [3.63, 3.8) is 0 Å². The van der Waals surface area contributed by atoms with Gasteiger partial charge in [-0.15, -0.1) is 0 Å². The number of imide groups is 1. The molecule has 5 nitrogen and oxygen atoms in total. The van der Waals surface area contributed by atoms with Crippen LogP contribution in [-0.2, 0) is 11.2 Å². The SMILES string of the molecule is O=C(CCCN1C(=O)c2ccc(Br)cc2C1=O)NCCc1ccccc1. The lowest BCUT2D eigenvalue weighted by molar-refractivity contribution is -0.121. The van der Waals surface area contributed by atoms with Crippen molar-refractivity contribution in [2.45, 2.75) is 19.3 Å². The number of fused-ring (bicyclic) bond motifs is 1. The molecule has 3 amide bonds. The first-order valence-electron chi connectivity index (χ1n) is 8.52. The van der Waals surface area contributed by atoms with Crippen LogP contribution in [0.1, 0.15) is 39.1 Å². The standard InChI is InChI=1S/C20H19BrN2O3/c21-15-8-9-16-17(13-15)20(26)23(19(16)25)12-4-7-18(24)22-11-10-14-5-2-1-3-6-14/h1-3,5-6,8-9,13H,4,7,10-12H2,(H,22,24). The summed E-state index contributed by atoms with van der Waals surface area (Å²) in [5.41, 5.74) is 2.01. The highest BCUT2D eigenvalue weighted by Crippen LogP contribution is 2.26. The van der Waals surface area contributed by atoms with Gasteiger partial charge in [0.2, 0.25) is 5.91 Å². The second-order valence-corrected chi connectivity index (χ2v) is 7.06. The second kappa shape index (κ2) is 8.27. The minimum atomic E-state index is -0.296. The average molecular weight is 415 g/mol. The van der Waals surface area contributed by atoms with E-state index in [4.69, 9.17) is 0 Å². The van der Waals surface area contributed by atoms with Gasteiger partial charge in [0.1, 0.15) is 0 Å². The highest BCUT2D eigenvalue weighted by molar-refractivity contribution is 9.10. The first-order valence-corrected chi connectivity index (χ1v) is 9.32. The molecular weight excluding hydrogens is 396 g/mol.